The standard InChI is InChI=1S/C13H25NS/c1-11(2)12-4-7-14(8-12)9-13(10-15)5-3-6-13/h11-12,15H,3-10H2,1-2H3. The summed E-state index contributed by atoms with van der Waals surface area (Å²) in [4.78, 5) is 2.69. The van der Waals surface area contributed by atoms with Crippen molar-refractivity contribution in [2.45, 2.75) is 39.5 Å². The second kappa shape index (κ2) is 4.67. The van der Waals surface area contributed by atoms with Gasteiger partial charge >= 0.3 is 0 Å². The van der Waals surface area contributed by atoms with Crippen molar-refractivity contribution in [2.75, 3.05) is 25.4 Å². The van der Waals surface area contributed by atoms with E-state index in [1.807, 2.05) is 0 Å². The van der Waals surface area contributed by atoms with Crippen LogP contribution in [0, 0.1) is 17.3 Å². The van der Waals surface area contributed by atoms with Crippen LogP contribution in [0.15, 0.2) is 0 Å². The fourth-order valence-corrected chi connectivity index (χ4v) is 3.48. The average molecular weight is 227 g/mol. The van der Waals surface area contributed by atoms with Gasteiger partial charge in [0.1, 0.15) is 0 Å². The monoisotopic (exact) mass is 227 g/mol. The Hall–Kier alpha value is 0.310. The Morgan fingerprint density at radius 2 is 2.13 bits per heavy atom. The number of likely N-dealkylation sites (tertiary alicyclic amines) is 1. The van der Waals surface area contributed by atoms with E-state index in [0.29, 0.717) is 5.41 Å². The molecule has 2 aliphatic rings. The molecule has 1 saturated heterocycles. The van der Waals surface area contributed by atoms with Gasteiger partial charge in [-0.3, -0.25) is 0 Å². The van der Waals surface area contributed by atoms with Gasteiger partial charge in [0.2, 0.25) is 0 Å². The first-order valence-electron chi connectivity index (χ1n) is 6.48. The maximum atomic E-state index is 4.54. The van der Waals surface area contributed by atoms with Gasteiger partial charge in [0.05, 0.1) is 0 Å². The lowest BCUT2D eigenvalue weighted by Gasteiger charge is -2.43. The van der Waals surface area contributed by atoms with Gasteiger partial charge in [-0.2, -0.15) is 12.6 Å². The van der Waals surface area contributed by atoms with Gasteiger partial charge in [0.15, 0.2) is 0 Å². The lowest BCUT2D eigenvalue weighted by molar-refractivity contribution is 0.101. The highest BCUT2D eigenvalue weighted by atomic mass is 32.1. The van der Waals surface area contributed by atoms with E-state index < -0.39 is 0 Å². The van der Waals surface area contributed by atoms with E-state index in [0.717, 1.165) is 17.6 Å². The molecule has 1 unspecified atom stereocenters. The van der Waals surface area contributed by atoms with E-state index in [-0.39, 0.29) is 0 Å². The van der Waals surface area contributed by atoms with Gasteiger partial charge in [-0.1, -0.05) is 20.3 Å². The molecule has 1 atom stereocenters. The molecule has 1 saturated carbocycles. The summed E-state index contributed by atoms with van der Waals surface area (Å²) in [5.74, 6) is 2.90. The summed E-state index contributed by atoms with van der Waals surface area (Å²) < 4.78 is 0. The van der Waals surface area contributed by atoms with E-state index in [9.17, 15) is 0 Å². The highest BCUT2D eigenvalue weighted by molar-refractivity contribution is 7.80. The molecule has 1 nitrogen and oxygen atoms in total. The first kappa shape index (κ1) is 11.8. The zero-order valence-electron chi connectivity index (χ0n) is 10.2. The highest BCUT2D eigenvalue weighted by Gasteiger charge is 2.38. The Kier molecular flexibility index (Phi) is 3.67. The zero-order valence-corrected chi connectivity index (χ0v) is 11.1. The second-order valence-corrected chi connectivity index (χ2v) is 6.36. The fraction of sp³-hybridized carbons (Fsp3) is 1.00. The summed E-state index contributed by atoms with van der Waals surface area (Å²) in [6, 6.07) is 0. The molecule has 1 aliphatic carbocycles. The quantitative estimate of drug-likeness (QED) is 0.723. The van der Waals surface area contributed by atoms with Crippen LogP contribution >= 0.6 is 12.6 Å². The van der Waals surface area contributed by atoms with Crippen molar-refractivity contribution in [3.63, 3.8) is 0 Å². The topological polar surface area (TPSA) is 3.24 Å². The third-order valence-corrected chi connectivity index (χ3v) is 5.23. The molecule has 0 bridgehead atoms. The minimum absolute atomic E-state index is 0.592. The van der Waals surface area contributed by atoms with Crippen LogP contribution in [0.1, 0.15) is 39.5 Å². The van der Waals surface area contributed by atoms with Crippen molar-refractivity contribution in [3.8, 4) is 0 Å². The Morgan fingerprint density at radius 1 is 1.40 bits per heavy atom. The van der Waals surface area contributed by atoms with Crippen LogP contribution in [0.5, 0.6) is 0 Å². The maximum Gasteiger partial charge on any atom is 0.00459 e. The summed E-state index contributed by atoms with van der Waals surface area (Å²) in [5, 5.41) is 0. The Bertz CT molecular complexity index is 205. The normalized spacial score (nSPS) is 30.8. The molecule has 2 rings (SSSR count). The summed E-state index contributed by atoms with van der Waals surface area (Å²) in [6.07, 6.45) is 5.68. The minimum Gasteiger partial charge on any atom is -0.302 e. The van der Waals surface area contributed by atoms with Gasteiger partial charge in [0, 0.05) is 13.1 Å². The van der Waals surface area contributed by atoms with Crippen molar-refractivity contribution in [1.82, 2.24) is 4.90 Å². The molecule has 15 heavy (non-hydrogen) atoms. The van der Waals surface area contributed by atoms with Crippen LogP contribution in [0.2, 0.25) is 0 Å². The van der Waals surface area contributed by atoms with Crippen molar-refractivity contribution in [1.29, 1.82) is 0 Å². The van der Waals surface area contributed by atoms with E-state index >= 15 is 0 Å². The first-order valence-corrected chi connectivity index (χ1v) is 7.12. The van der Waals surface area contributed by atoms with Crippen LogP contribution in [0.3, 0.4) is 0 Å². The van der Waals surface area contributed by atoms with Gasteiger partial charge in [-0.05, 0) is 48.8 Å². The lowest BCUT2D eigenvalue weighted by atomic mass is 9.70. The molecular formula is C13H25NS. The number of rotatable bonds is 4. The van der Waals surface area contributed by atoms with Gasteiger partial charge in [0.25, 0.3) is 0 Å². The smallest absolute Gasteiger partial charge is 0.00459 e. The predicted molar refractivity (Wildman–Crippen MR) is 69.5 cm³/mol. The molecule has 2 heteroatoms. The van der Waals surface area contributed by atoms with Gasteiger partial charge in [-0.25, -0.2) is 0 Å². The fourth-order valence-electron chi connectivity index (χ4n) is 3.07. The van der Waals surface area contributed by atoms with E-state index in [4.69, 9.17) is 0 Å². The van der Waals surface area contributed by atoms with Crippen LogP contribution in [0.4, 0.5) is 0 Å². The second-order valence-electron chi connectivity index (χ2n) is 6.04. The van der Waals surface area contributed by atoms with E-state index in [2.05, 4.69) is 31.4 Å². The zero-order chi connectivity index (χ0) is 10.9. The van der Waals surface area contributed by atoms with Gasteiger partial charge < -0.3 is 4.90 Å². The van der Waals surface area contributed by atoms with Crippen LogP contribution in [0.25, 0.3) is 0 Å². The van der Waals surface area contributed by atoms with E-state index in [1.54, 1.807) is 0 Å². The Labute approximate surface area is 100 Å². The summed E-state index contributed by atoms with van der Waals surface area (Å²) in [5.41, 5.74) is 0.592. The molecule has 88 valence electrons. The average Bonchev–Trinajstić information content (AvgIpc) is 2.59. The van der Waals surface area contributed by atoms with Crippen molar-refractivity contribution in [3.05, 3.63) is 0 Å². The predicted octanol–water partition coefficient (Wildman–Crippen LogP) is 3.06. The molecule has 0 radical (unpaired) electrons. The molecule has 0 spiro atoms. The first-order chi connectivity index (χ1) is 7.15. The van der Waals surface area contributed by atoms with Crippen LogP contribution in [-0.4, -0.2) is 30.3 Å². The molecular weight excluding hydrogens is 202 g/mol. The third-order valence-electron chi connectivity index (χ3n) is 4.56. The summed E-state index contributed by atoms with van der Waals surface area (Å²) >= 11 is 4.54. The van der Waals surface area contributed by atoms with Crippen LogP contribution < -0.4 is 0 Å². The van der Waals surface area contributed by atoms with Gasteiger partial charge in [-0.15, -0.1) is 0 Å². The largest absolute Gasteiger partial charge is 0.302 e. The molecule has 0 aromatic rings. The number of hydrogen-bond acceptors (Lipinski definition) is 2. The maximum absolute atomic E-state index is 4.54. The molecule has 2 fully saturated rings. The Balaban J connectivity index is 1.81. The third kappa shape index (κ3) is 2.52. The minimum atomic E-state index is 0.592. The van der Waals surface area contributed by atoms with Crippen molar-refractivity contribution >= 4 is 12.6 Å². The van der Waals surface area contributed by atoms with E-state index in [1.165, 1.54) is 45.3 Å². The molecule has 0 aromatic carbocycles. The molecule has 0 N–H and O–H groups in total. The van der Waals surface area contributed by atoms with Crippen molar-refractivity contribution < 1.29 is 0 Å². The number of nitrogens with zero attached hydrogens (tertiary/aromatic N) is 1. The summed E-state index contributed by atoms with van der Waals surface area (Å²) in [6.45, 7) is 8.73. The molecule has 0 aromatic heterocycles. The number of hydrogen-bond donors (Lipinski definition) is 1. The highest BCUT2D eigenvalue weighted by Crippen LogP contribution is 2.43. The molecule has 0 amide bonds. The Morgan fingerprint density at radius 3 is 2.53 bits per heavy atom. The van der Waals surface area contributed by atoms with Crippen LogP contribution in [-0.2, 0) is 0 Å². The summed E-state index contributed by atoms with van der Waals surface area (Å²) in [7, 11) is 0. The number of thiol groups is 1. The SMILES string of the molecule is CC(C)C1CCN(CC2(CS)CCC2)C1. The molecule has 1 heterocycles. The molecule has 1 aliphatic heterocycles. The lowest BCUT2D eigenvalue weighted by Crippen LogP contribution is -2.43. The van der Waals surface area contributed by atoms with Crippen molar-refractivity contribution in [2.24, 2.45) is 17.3 Å².